The first kappa shape index (κ1) is 13.5. The molecule has 1 aliphatic heterocycles. The molecule has 0 aromatic carbocycles. The third-order valence-electron chi connectivity index (χ3n) is 3.19. The molecular formula is C13H18N4O2. The number of aromatic nitrogens is 1. The number of hydrogen-bond donors (Lipinski definition) is 2. The summed E-state index contributed by atoms with van der Waals surface area (Å²) in [5, 5.41) is 2.84. The second-order valence-electron chi connectivity index (χ2n) is 4.84. The average molecular weight is 262 g/mol. The van der Waals surface area contributed by atoms with Gasteiger partial charge in [-0.2, -0.15) is 0 Å². The topological polar surface area (TPSA) is 88.3 Å². The van der Waals surface area contributed by atoms with E-state index in [1.165, 1.54) is 0 Å². The van der Waals surface area contributed by atoms with Gasteiger partial charge in [0, 0.05) is 31.0 Å². The zero-order valence-electron chi connectivity index (χ0n) is 10.7. The molecule has 6 heteroatoms. The van der Waals surface area contributed by atoms with Crippen molar-refractivity contribution in [2.45, 2.75) is 12.8 Å². The molecule has 1 atom stereocenters. The highest BCUT2D eigenvalue weighted by Gasteiger charge is 2.25. The summed E-state index contributed by atoms with van der Waals surface area (Å²) in [6.07, 6.45) is 4.67. The second-order valence-corrected chi connectivity index (χ2v) is 4.84. The normalized spacial score (nSPS) is 19.3. The number of anilines is 1. The Morgan fingerprint density at radius 1 is 1.42 bits per heavy atom. The van der Waals surface area contributed by atoms with Gasteiger partial charge < -0.3 is 11.1 Å². The maximum atomic E-state index is 11.9. The Morgan fingerprint density at radius 2 is 2.16 bits per heavy atom. The van der Waals surface area contributed by atoms with Crippen LogP contribution >= 0.6 is 0 Å². The summed E-state index contributed by atoms with van der Waals surface area (Å²) in [6.45, 7) is 1.87. The van der Waals surface area contributed by atoms with Gasteiger partial charge in [-0.25, -0.2) is 0 Å². The predicted octanol–water partition coefficient (Wildman–Crippen LogP) is 0.217. The smallest absolute Gasteiger partial charge is 0.231 e. The molecule has 1 unspecified atom stereocenters. The van der Waals surface area contributed by atoms with Crippen molar-refractivity contribution in [3.05, 3.63) is 24.5 Å². The van der Waals surface area contributed by atoms with Crippen molar-refractivity contribution in [2.24, 2.45) is 11.7 Å². The van der Waals surface area contributed by atoms with Crippen molar-refractivity contribution in [1.82, 2.24) is 9.88 Å². The van der Waals surface area contributed by atoms with Gasteiger partial charge in [0.15, 0.2) is 0 Å². The predicted molar refractivity (Wildman–Crippen MR) is 71.2 cm³/mol. The fourth-order valence-corrected chi connectivity index (χ4v) is 2.35. The van der Waals surface area contributed by atoms with Gasteiger partial charge >= 0.3 is 0 Å². The Bertz CT molecular complexity index is 449. The Labute approximate surface area is 112 Å². The van der Waals surface area contributed by atoms with Crippen LogP contribution in [0.2, 0.25) is 0 Å². The molecule has 19 heavy (non-hydrogen) atoms. The van der Waals surface area contributed by atoms with E-state index < -0.39 is 0 Å². The Morgan fingerprint density at radius 3 is 2.84 bits per heavy atom. The first-order chi connectivity index (χ1) is 9.13. The molecule has 0 aliphatic carbocycles. The number of nitrogens with zero attached hydrogens (tertiary/aromatic N) is 2. The summed E-state index contributed by atoms with van der Waals surface area (Å²) >= 11 is 0. The fraction of sp³-hybridized carbons (Fsp3) is 0.462. The molecule has 0 bridgehead atoms. The monoisotopic (exact) mass is 262 g/mol. The number of carbonyl (C=O) groups excluding carboxylic acids is 2. The molecule has 1 aromatic heterocycles. The molecule has 6 nitrogen and oxygen atoms in total. The zero-order valence-corrected chi connectivity index (χ0v) is 10.7. The number of pyridine rings is 1. The number of rotatable bonds is 5. The maximum Gasteiger partial charge on any atom is 0.231 e. The summed E-state index contributed by atoms with van der Waals surface area (Å²) in [5.74, 6) is -0.0276. The van der Waals surface area contributed by atoms with Gasteiger partial charge in [0.2, 0.25) is 11.8 Å². The molecule has 1 saturated heterocycles. The van der Waals surface area contributed by atoms with E-state index in [9.17, 15) is 9.59 Å². The first-order valence-electron chi connectivity index (χ1n) is 6.34. The number of hydrogen-bond acceptors (Lipinski definition) is 4. The highest BCUT2D eigenvalue weighted by atomic mass is 16.2. The van der Waals surface area contributed by atoms with Crippen LogP contribution in [0.25, 0.3) is 0 Å². The molecule has 1 aliphatic rings. The van der Waals surface area contributed by atoms with Crippen molar-refractivity contribution < 1.29 is 9.59 Å². The third-order valence-corrected chi connectivity index (χ3v) is 3.19. The van der Waals surface area contributed by atoms with Gasteiger partial charge in [0.05, 0.1) is 6.54 Å². The van der Waals surface area contributed by atoms with Gasteiger partial charge in [-0.05, 0) is 31.0 Å². The lowest BCUT2D eigenvalue weighted by Crippen LogP contribution is -2.32. The van der Waals surface area contributed by atoms with Crippen LogP contribution in [0.1, 0.15) is 12.8 Å². The SMILES string of the molecule is NC(=O)CN1CCC(CC(=O)Nc2ccncc2)C1. The standard InChI is InChI=1S/C13H18N4O2/c14-12(18)9-17-6-3-10(8-17)7-13(19)16-11-1-4-15-5-2-11/h1-2,4-5,10H,3,6-9H2,(H2,14,18)(H,15,16,19). The largest absolute Gasteiger partial charge is 0.369 e. The minimum Gasteiger partial charge on any atom is -0.369 e. The minimum atomic E-state index is -0.318. The zero-order chi connectivity index (χ0) is 13.7. The van der Waals surface area contributed by atoms with Crippen molar-refractivity contribution in [3.8, 4) is 0 Å². The lowest BCUT2D eigenvalue weighted by Gasteiger charge is -2.13. The van der Waals surface area contributed by atoms with Crippen LogP contribution < -0.4 is 11.1 Å². The van der Waals surface area contributed by atoms with E-state index in [0.29, 0.717) is 12.3 Å². The quantitative estimate of drug-likeness (QED) is 0.794. The van der Waals surface area contributed by atoms with Crippen molar-refractivity contribution in [3.63, 3.8) is 0 Å². The number of nitrogens with one attached hydrogen (secondary N) is 1. The van der Waals surface area contributed by atoms with Crippen molar-refractivity contribution in [1.29, 1.82) is 0 Å². The minimum absolute atomic E-state index is 0.00266. The summed E-state index contributed by atoms with van der Waals surface area (Å²) < 4.78 is 0. The van der Waals surface area contributed by atoms with Crippen LogP contribution in [-0.2, 0) is 9.59 Å². The van der Waals surface area contributed by atoms with Crippen LogP contribution in [0.15, 0.2) is 24.5 Å². The molecule has 102 valence electrons. The van der Waals surface area contributed by atoms with Gasteiger partial charge in [-0.15, -0.1) is 0 Å². The Kier molecular flexibility index (Phi) is 4.46. The highest BCUT2D eigenvalue weighted by molar-refractivity contribution is 5.90. The first-order valence-corrected chi connectivity index (χ1v) is 6.34. The van der Waals surface area contributed by atoms with Gasteiger partial charge in [-0.1, -0.05) is 0 Å². The number of likely N-dealkylation sites (tertiary alicyclic amines) is 1. The molecule has 0 spiro atoms. The van der Waals surface area contributed by atoms with Crippen LogP contribution in [-0.4, -0.2) is 41.3 Å². The molecule has 1 aromatic rings. The van der Waals surface area contributed by atoms with Crippen molar-refractivity contribution in [2.75, 3.05) is 25.0 Å². The van der Waals surface area contributed by atoms with Crippen molar-refractivity contribution >= 4 is 17.5 Å². The third kappa shape index (κ3) is 4.33. The van der Waals surface area contributed by atoms with Gasteiger partial charge in [0.1, 0.15) is 0 Å². The molecular weight excluding hydrogens is 244 g/mol. The lowest BCUT2D eigenvalue weighted by atomic mass is 10.0. The van der Waals surface area contributed by atoms with Gasteiger partial charge in [0.25, 0.3) is 0 Å². The van der Waals surface area contributed by atoms with Crippen LogP contribution in [0, 0.1) is 5.92 Å². The van der Waals surface area contributed by atoms with E-state index in [0.717, 1.165) is 25.2 Å². The fourth-order valence-electron chi connectivity index (χ4n) is 2.35. The number of primary amides is 1. The van der Waals surface area contributed by atoms with Crippen LogP contribution in [0.5, 0.6) is 0 Å². The molecule has 2 amide bonds. The number of carbonyl (C=O) groups is 2. The van der Waals surface area contributed by atoms with E-state index in [-0.39, 0.29) is 18.4 Å². The van der Waals surface area contributed by atoms with E-state index >= 15 is 0 Å². The summed E-state index contributed by atoms with van der Waals surface area (Å²) in [6, 6.07) is 3.51. The van der Waals surface area contributed by atoms with E-state index in [4.69, 9.17) is 5.73 Å². The van der Waals surface area contributed by atoms with E-state index in [1.54, 1.807) is 24.5 Å². The lowest BCUT2D eigenvalue weighted by molar-refractivity contribution is -0.118. The van der Waals surface area contributed by atoms with E-state index in [2.05, 4.69) is 10.3 Å². The molecule has 3 N–H and O–H groups in total. The number of amides is 2. The van der Waals surface area contributed by atoms with Gasteiger partial charge in [-0.3, -0.25) is 19.5 Å². The number of nitrogens with two attached hydrogens (primary N) is 1. The Balaban J connectivity index is 1.76. The molecule has 2 rings (SSSR count). The molecule has 0 radical (unpaired) electrons. The molecule has 2 heterocycles. The second kappa shape index (κ2) is 6.29. The van der Waals surface area contributed by atoms with Crippen LogP contribution in [0.3, 0.4) is 0 Å². The summed E-state index contributed by atoms with van der Waals surface area (Å²) in [5.41, 5.74) is 5.91. The average Bonchev–Trinajstić information content (AvgIpc) is 2.76. The maximum absolute atomic E-state index is 11.9. The molecule has 0 saturated carbocycles. The Hall–Kier alpha value is -1.95. The molecule has 1 fully saturated rings. The highest BCUT2D eigenvalue weighted by Crippen LogP contribution is 2.19. The van der Waals surface area contributed by atoms with E-state index in [1.807, 2.05) is 4.90 Å². The van der Waals surface area contributed by atoms with Crippen LogP contribution in [0.4, 0.5) is 5.69 Å². The summed E-state index contributed by atoms with van der Waals surface area (Å²) in [4.78, 5) is 28.6. The summed E-state index contributed by atoms with van der Waals surface area (Å²) in [7, 11) is 0.